The summed E-state index contributed by atoms with van der Waals surface area (Å²) >= 11 is 0. The van der Waals surface area contributed by atoms with Crippen LogP contribution < -0.4 is 9.64 Å². The Morgan fingerprint density at radius 2 is 1.90 bits per heavy atom. The number of ether oxygens (including phenoxy) is 1. The van der Waals surface area contributed by atoms with E-state index in [4.69, 9.17) is 4.74 Å². The van der Waals surface area contributed by atoms with E-state index >= 15 is 0 Å². The predicted octanol–water partition coefficient (Wildman–Crippen LogP) is 2.37. The maximum Gasteiger partial charge on any atom is 0.243 e. The summed E-state index contributed by atoms with van der Waals surface area (Å²) in [5, 5.41) is 0. The molecule has 2 heterocycles. The first-order chi connectivity index (χ1) is 9.59. The number of rotatable bonds is 2. The van der Waals surface area contributed by atoms with Gasteiger partial charge in [-0.2, -0.15) is 0 Å². The lowest BCUT2D eigenvalue weighted by molar-refractivity contribution is -0.121. The zero-order valence-electron chi connectivity index (χ0n) is 11.8. The number of methoxy groups -OCH3 is 1. The molecule has 0 aliphatic carbocycles. The largest absolute Gasteiger partial charge is 0.497 e. The van der Waals surface area contributed by atoms with Gasteiger partial charge in [0.1, 0.15) is 11.2 Å². The van der Waals surface area contributed by atoms with Crippen LogP contribution in [0.15, 0.2) is 42.6 Å². The first-order valence-electron chi connectivity index (χ1n) is 6.47. The quantitative estimate of drug-likeness (QED) is 0.839. The van der Waals surface area contributed by atoms with Crippen molar-refractivity contribution in [3.8, 4) is 5.75 Å². The molecule has 1 aliphatic heterocycles. The molecule has 1 aliphatic rings. The summed E-state index contributed by atoms with van der Waals surface area (Å²) in [6.07, 6.45) is 1.73. The van der Waals surface area contributed by atoms with Crippen LogP contribution >= 0.6 is 0 Å². The minimum Gasteiger partial charge on any atom is -0.497 e. The van der Waals surface area contributed by atoms with Gasteiger partial charge in [-0.1, -0.05) is 12.1 Å². The van der Waals surface area contributed by atoms with Crippen LogP contribution in [-0.4, -0.2) is 25.0 Å². The van der Waals surface area contributed by atoms with Crippen molar-refractivity contribution in [2.24, 2.45) is 0 Å². The van der Waals surface area contributed by atoms with E-state index in [0.717, 1.165) is 22.7 Å². The predicted molar refractivity (Wildman–Crippen MR) is 77.1 cm³/mol. The summed E-state index contributed by atoms with van der Waals surface area (Å²) in [6.45, 7) is 1.92. The highest BCUT2D eigenvalue weighted by atomic mass is 16.5. The third-order valence-corrected chi connectivity index (χ3v) is 4.02. The van der Waals surface area contributed by atoms with Gasteiger partial charge < -0.3 is 9.64 Å². The number of aromatic nitrogens is 1. The fraction of sp³-hybridized carbons (Fsp3) is 0.250. The minimum absolute atomic E-state index is 0.0383. The van der Waals surface area contributed by atoms with Gasteiger partial charge in [-0.15, -0.1) is 0 Å². The number of anilines is 1. The van der Waals surface area contributed by atoms with Crippen LogP contribution in [0.4, 0.5) is 5.69 Å². The molecule has 0 bridgehead atoms. The molecule has 0 saturated heterocycles. The van der Waals surface area contributed by atoms with Crippen molar-refractivity contribution < 1.29 is 9.53 Å². The number of amides is 1. The molecule has 2 aromatic rings. The lowest BCUT2D eigenvalue weighted by Gasteiger charge is -2.23. The molecule has 1 aromatic carbocycles. The fourth-order valence-corrected chi connectivity index (χ4v) is 2.78. The molecule has 102 valence electrons. The summed E-state index contributed by atoms with van der Waals surface area (Å²) in [6, 6.07) is 11.4. The first kappa shape index (κ1) is 12.7. The SMILES string of the molecule is COc1ccc(C2(C)C(=O)N(C)c3cccnc32)cc1. The number of fused-ring (bicyclic) bond motifs is 1. The Labute approximate surface area is 118 Å². The van der Waals surface area contributed by atoms with Crippen molar-refractivity contribution in [2.45, 2.75) is 12.3 Å². The van der Waals surface area contributed by atoms with Crippen LogP contribution in [0.1, 0.15) is 18.2 Å². The van der Waals surface area contributed by atoms with Crippen molar-refractivity contribution >= 4 is 11.6 Å². The topological polar surface area (TPSA) is 42.4 Å². The van der Waals surface area contributed by atoms with Crippen LogP contribution in [0.5, 0.6) is 5.75 Å². The molecule has 0 saturated carbocycles. The number of carbonyl (C=O) groups excluding carboxylic acids is 1. The van der Waals surface area contributed by atoms with Gasteiger partial charge in [-0.05, 0) is 36.8 Å². The Morgan fingerprint density at radius 1 is 1.20 bits per heavy atom. The number of hydrogen-bond donors (Lipinski definition) is 0. The minimum atomic E-state index is -0.738. The maximum atomic E-state index is 12.7. The molecule has 1 aromatic heterocycles. The molecular formula is C16H16N2O2. The van der Waals surface area contributed by atoms with Crippen LogP contribution in [0.25, 0.3) is 0 Å². The van der Waals surface area contributed by atoms with E-state index in [0.29, 0.717) is 0 Å². The molecule has 0 spiro atoms. The van der Waals surface area contributed by atoms with E-state index in [1.54, 1.807) is 25.3 Å². The van der Waals surface area contributed by atoms with Crippen LogP contribution in [0.2, 0.25) is 0 Å². The van der Waals surface area contributed by atoms with E-state index in [2.05, 4.69) is 4.98 Å². The molecule has 0 N–H and O–H groups in total. The van der Waals surface area contributed by atoms with E-state index in [1.165, 1.54) is 0 Å². The molecular weight excluding hydrogens is 252 g/mol. The van der Waals surface area contributed by atoms with E-state index in [-0.39, 0.29) is 5.91 Å². The Bertz CT molecular complexity index is 666. The average Bonchev–Trinajstić information content (AvgIpc) is 2.71. The van der Waals surface area contributed by atoms with Crippen molar-refractivity contribution in [2.75, 3.05) is 19.1 Å². The second-order valence-corrected chi connectivity index (χ2v) is 5.09. The maximum absolute atomic E-state index is 12.7. The highest BCUT2D eigenvalue weighted by Crippen LogP contribution is 2.43. The summed E-state index contributed by atoms with van der Waals surface area (Å²) in [7, 11) is 3.42. The van der Waals surface area contributed by atoms with Gasteiger partial charge in [0, 0.05) is 13.2 Å². The summed E-state index contributed by atoms with van der Waals surface area (Å²) in [5.74, 6) is 0.814. The second-order valence-electron chi connectivity index (χ2n) is 5.09. The van der Waals surface area contributed by atoms with Gasteiger partial charge in [0.25, 0.3) is 0 Å². The first-order valence-corrected chi connectivity index (χ1v) is 6.47. The van der Waals surface area contributed by atoms with Gasteiger partial charge in [-0.25, -0.2) is 0 Å². The van der Waals surface area contributed by atoms with Gasteiger partial charge in [-0.3, -0.25) is 9.78 Å². The molecule has 20 heavy (non-hydrogen) atoms. The number of carbonyl (C=O) groups is 1. The lowest BCUT2D eigenvalue weighted by atomic mass is 9.80. The van der Waals surface area contributed by atoms with Crippen LogP contribution in [0.3, 0.4) is 0 Å². The Kier molecular flexibility index (Phi) is 2.74. The van der Waals surface area contributed by atoms with Gasteiger partial charge in [0.15, 0.2) is 0 Å². The Balaban J connectivity index is 2.17. The molecule has 3 rings (SSSR count). The normalized spacial score (nSPS) is 20.9. The molecule has 4 nitrogen and oxygen atoms in total. The van der Waals surface area contributed by atoms with E-state index in [1.807, 2.05) is 43.3 Å². The lowest BCUT2D eigenvalue weighted by Crippen LogP contribution is -2.37. The smallest absolute Gasteiger partial charge is 0.243 e. The zero-order chi connectivity index (χ0) is 14.3. The summed E-state index contributed by atoms with van der Waals surface area (Å²) in [4.78, 5) is 18.8. The third kappa shape index (κ3) is 1.54. The van der Waals surface area contributed by atoms with Crippen LogP contribution in [-0.2, 0) is 10.2 Å². The van der Waals surface area contributed by atoms with Gasteiger partial charge in [0.05, 0.1) is 18.5 Å². The standard InChI is InChI=1S/C16H16N2O2/c1-16(11-6-8-12(20-3)9-7-11)14-13(5-4-10-17-14)18(2)15(16)19/h4-10H,1-3H3. The molecule has 1 unspecified atom stereocenters. The summed E-state index contributed by atoms with van der Waals surface area (Å²) in [5.41, 5.74) is 1.86. The van der Waals surface area contributed by atoms with Crippen molar-refractivity contribution in [3.05, 3.63) is 53.9 Å². The van der Waals surface area contributed by atoms with Crippen molar-refractivity contribution in [1.82, 2.24) is 4.98 Å². The zero-order valence-corrected chi connectivity index (χ0v) is 11.8. The van der Waals surface area contributed by atoms with Crippen molar-refractivity contribution in [3.63, 3.8) is 0 Å². The third-order valence-electron chi connectivity index (χ3n) is 4.02. The average molecular weight is 268 g/mol. The van der Waals surface area contributed by atoms with E-state index < -0.39 is 5.41 Å². The molecule has 4 heteroatoms. The van der Waals surface area contributed by atoms with Crippen molar-refractivity contribution in [1.29, 1.82) is 0 Å². The Morgan fingerprint density at radius 3 is 2.55 bits per heavy atom. The molecule has 1 atom stereocenters. The molecule has 0 fully saturated rings. The number of pyridine rings is 1. The second kappa shape index (κ2) is 4.34. The Hall–Kier alpha value is -2.36. The number of benzene rings is 1. The number of likely N-dealkylation sites (N-methyl/N-ethyl adjacent to an activating group) is 1. The highest BCUT2D eigenvalue weighted by molar-refractivity contribution is 6.09. The molecule has 0 radical (unpaired) electrons. The summed E-state index contributed by atoms with van der Waals surface area (Å²) < 4.78 is 5.17. The van der Waals surface area contributed by atoms with Gasteiger partial charge >= 0.3 is 0 Å². The number of hydrogen-bond acceptors (Lipinski definition) is 3. The fourth-order valence-electron chi connectivity index (χ4n) is 2.78. The van der Waals surface area contributed by atoms with E-state index in [9.17, 15) is 4.79 Å². The monoisotopic (exact) mass is 268 g/mol. The number of nitrogens with zero attached hydrogens (tertiary/aromatic N) is 2. The molecule has 1 amide bonds. The van der Waals surface area contributed by atoms with Gasteiger partial charge in [0.2, 0.25) is 5.91 Å². The van der Waals surface area contributed by atoms with Crippen LogP contribution in [0, 0.1) is 0 Å². The highest BCUT2D eigenvalue weighted by Gasteiger charge is 2.48.